The lowest BCUT2D eigenvalue weighted by molar-refractivity contribution is -0.122. The van der Waals surface area contributed by atoms with Crippen LogP contribution in [0.4, 0.5) is 0 Å². The third kappa shape index (κ3) is 5.14. The highest BCUT2D eigenvalue weighted by Gasteiger charge is 2.15. The van der Waals surface area contributed by atoms with Crippen molar-refractivity contribution in [3.05, 3.63) is 30.4 Å². The molecule has 1 atom stereocenters. The van der Waals surface area contributed by atoms with E-state index in [1.54, 1.807) is 12.4 Å². The van der Waals surface area contributed by atoms with Crippen LogP contribution in [0, 0.1) is 5.92 Å². The first kappa shape index (κ1) is 17.1. The van der Waals surface area contributed by atoms with Crippen LogP contribution in [0.5, 0.6) is 0 Å². The van der Waals surface area contributed by atoms with Crippen LogP contribution in [0.25, 0.3) is 11.4 Å². The van der Waals surface area contributed by atoms with Crippen molar-refractivity contribution in [1.29, 1.82) is 0 Å². The van der Waals surface area contributed by atoms with Gasteiger partial charge in [0.2, 0.25) is 17.6 Å². The largest absolute Gasteiger partial charge is 0.394 e. The molecule has 0 aliphatic heterocycles. The van der Waals surface area contributed by atoms with Crippen molar-refractivity contribution in [1.82, 2.24) is 20.4 Å². The number of carbonyl (C=O) groups excluding carboxylic acids is 1. The number of nitrogens with one attached hydrogen (secondary N) is 1. The molecule has 2 rings (SSSR count). The van der Waals surface area contributed by atoms with E-state index in [0.717, 1.165) is 5.56 Å². The maximum absolute atomic E-state index is 11.8. The van der Waals surface area contributed by atoms with Crippen molar-refractivity contribution in [2.75, 3.05) is 6.61 Å². The molecule has 2 aromatic heterocycles. The number of aromatic nitrogens is 3. The summed E-state index contributed by atoms with van der Waals surface area (Å²) >= 11 is 0. The molecule has 124 valence electrons. The number of amides is 1. The number of aliphatic hydroxyl groups excluding tert-OH is 1. The number of rotatable bonds is 8. The molecule has 2 aromatic rings. The van der Waals surface area contributed by atoms with E-state index in [1.807, 2.05) is 26.0 Å². The molecule has 7 nitrogen and oxygen atoms in total. The average molecular weight is 318 g/mol. The molecule has 2 heterocycles. The molecule has 0 spiro atoms. The number of hydrogen-bond donors (Lipinski definition) is 2. The fourth-order valence-electron chi connectivity index (χ4n) is 2.07. The summed E-state index contributed by atoms with van der Waals surface area (Å²) in [4.78, 5) is 20.1. The zero-order valence-electron chi connectivity index (χ0n) is 13.4. The van der Waals surface area contributed by atoms with Gasteiger partial charge in [0.1, 0.15) is 0 Å². The molecule has 0 bridgehead atoms. The van der Waals surface area contributed by atoms with Gasteiger partial charge in [0.15, 0.2) is 0 Å². The first-order valence-electron chi connectivity index (χ1n) is 7.73. The minimum absolute atomic E-state index is 0.0540. The molecular formula is C16H22N4O3. The van der Waals surface area contributed by atoms with Gasteiger partial charge >= 0.3 is 0 Å². The van der Waals surface area contributed by atoms with E-state index in [9.17, 15) is 9.90 Å². The van der Waals surface area contributed by atoms with Crippen molar-refractivity contribution in [2.24, 2.45) is 5.92 Å². The first-order chi connectivity index (χ1) is 11.1. The Hall–Kier alpha value is -2.28. The Morgan fingerprint density at radius 2 is 2.26 bits per heavy atom. The lowest BCUT2D eigenvalue weighted by Crippen LogP contribution is -2.41. The minimum atomic E-state index is -0.205. The van der Waals surface area contributed by atoms with E-state index in [1.165, 1.54) is 0 Å². The summed E-state index contributed by atoms with van der Waals surface area (Å²) in [6.45, 7) is 3.86. The van der Waals surface area contributed by atoms with E-state index in [-0.39, 0.29) is 24.5 Å². The molecule has 7 heteroatoms. The van der Waals surface area contributed by atoms with Crippen LogP contribution in [0.15, 0.2) is 29.0 Å². The summed E-state index contributed by atoms with van der Waals surface area (Å²) in [5.74, 6) is 1.11. The number of aliphatic hydroxyl groups is 1. The molecule has 2 N–H and O–H groups in total. The maximum atomic E-state index is 11.8. The van der Waals surface area contributed by atoms with Gasteiger partial charge in [-0.15, -0.1) is 0 Å². The van der Waals surface area contributed by atoms with Crippen LogP contribution in [0.3, 0.4) is 0 Å². The minimum Gasteiger partial charge on any atom is -0.394 e. The first-order valence-corrected chi connectivity index (χ1v) is 7.73. The van der Waals surface area contributed by atoms with E-state index in [4.69, 9.17) is 4.52 Å². The van der Waals surface area contributed by atoms with Gasteiger partial charge in [-0.25, -0.2) is 0 Å². The zero-order chi connectivity index (χ0) is 16.7. The van der Waals surface area contributed by atoms with Crippen LogP contribution in [0.2, 0.25) is 0 Å². The quantitative estimate of drug-likeness (QED) is 0.766. The Kier molecular flexibility index (Phi) is 6.22. The second-order valence-electron chi connectivity index (χ2n) is 5.71. The average Bonchev–Trinajstić information content (AvgIpc) is 3.02. The van der Waals surface area contributed by atoms with Gasteiger partial charge in [0, 0.05) is 30.8 Å². The number of pyridine rings is 1. The van der Waals surface area contributed by atoms with Crippen LogP contribution < -0.4 is 5.32 Å². The second kappa shape index (κ2) is 8.38. The van der Waals surface area contributed by atoms with Crippen molar-refractivity contribution >= 4 is 5.91 Å². The van der Waals surface area contributed by atoms with E-state index in [2.05, 4.69) is 20.4 Å². The Bertz CT molecular complexity index is 613. The fourth-order valence-corrected chi connectivity index (χ4v) is 2.07. The molecule has 1 amide bonds. The topological polar surface area (TPSA) is 101 Å². The Morgan fingerprint density at radius 1 is 1.43 bits per heavy atom. The molecule has 0 aromatic carbocycles. The molecule has 0 aliphatic carbocycles. The number of carbonyl (C=O) groups is 1. The van der Waals surface area contributed by atoms with Gasteiger partial charge in [-0.2, -0.15) is 4.98 Å². The molecule has 0 radical (unpaired) electrons. The Labute approximate surface area is 135 Å². The molecule has 0 saturated carbocycles. The summed E-state index contributed by atoms with van der Waals surface area (Å²) in [5, 5.41) is 15.9. The third-order valence-electron chi connectivity index (χ3n) is 3.53. The van der Waals surface area contributed by atoms with Gasteiger partial charge in [-0.1, -0.05) is 19.0 Å². The van der Waals surface area contributed by atoms with Crippen molar-refractivity contribution in [2.45, 2.75) is 39.2 Å². The molecule has 0 saturated heterocycles. The molecule has 23 heavy (non-hydrogen) atoms. The van der Waals surface area contributed by atoms with Gasteiger partial charge in [0.25, 0.3) is 0 Å². The van der Waals surface area contributed by atoms with Gasteiger partial charge in [-0.05, 0) is 24.5 Å². The van der Waals surface area contributed by atoms with Crippen molar-refractivity contribution in [3.63, 3.8) is 0 Å². The number of hydrogen-bond acceptors (Lipinski definition) is 6. The van der Waals surface area contributed by atoms with Crippen LogP contribution in [-0.2, 0) is 11.2 Å². The summed E-state index contributed by atoms with van der Waals surface area (Å²) in [7, 11) is 0. The highest BCUT2D eigenvalue weighted by Crippen LogP contribution is 2.14. The van der Waals surface area contributed by atoms with Gasteiger partial charge < -0.3 is 14.9 Å². The third-order valence-corrected chi connectivity index (χ3v) is 3.53. The molecule has 0 fully saturated rings. The Balaban J connectivity index is 1.79. The normalized spacial score (nSPS) is 12.3. The smallest absolute Gasteiger partial charge is 0.226 e. The van der Waals surface area contributed by atoms with Crippen molar-refractivity contribution in [3.8, 4) is 11.4 Å². The van der Waals surface area contributed by atoms with Crippen LogP contribution in [-0.4, -0.2) is 38.8 Å². The summed E-state index contributed by atoms with van der Waals surface area (Å²) in [6.07, 6.45) is 4.85. The van der Waals surface area contributed by atoms with Gasteiger partial charge in [0.05, 0.1) is 12.6 Å². The fraction of sp³-hybridized carbons (Fsp3) is 0.500. The molecule has 0 aliphatic rings. The van der Waals surface area contributed by atoms with E-state index < -0.39 is 0 Å². The summed E-state index contributed by atoms with van der Waals surface area (Å²) < 4.78 is 5.18. The van der Waals surface area contributed by atoms with Crippen molar-refractivity contribution < 1.29 is 14.4 Å². The van der Waals surface area contributed by atoms with Gasteiger partial charge in [-0.3, -0.25) is 9.78 Å². The standard InChI is InChI=1S/C16H22N4O3/c1-11(2)13(10-21)18-14(22)6-3-7-15-19-16(20-23-15)12-5-4-8-17-9-12/h4-5,8-9,11,13,21H,3,6-7,10H2,1-2H3,(H,18,22)/t13-/m1/s1. The number of nitrogens with zero attached hydrogens (tertiary/aromatic N) is 3. The Morgan fingerprint density at radius 3 is 2.91 bits per heavy atom. The van der Waals surface area contributed by atoms with Crippen LogP contribution in [0.1, 0.15) is 32.6 Å². The SMILES string of the molecule is CC(C)[C@@H](CO)NC(=O)CCCc1nc(-c2cccnc2)no1. The predicted molar refractivity (Wildman–Crippen MR) is 84.3 cm³/mol. The van der Waals surface area contributed by atoms with Crippen LogP contribution >= 0.6 is 0 Å². The zero-order valence-corrected chi connectivity index (χ0v) is 13.4. The molecular weight excluding hydrogens is 296 g/mol. The number of aryl methyl sites for hydroxylation is 1. The lowest BCUT2D eigenvalue weighted by atomic mass is 10.1. The maximum Gasteiger partial charge on any atom is 0.226 e. The predicted octanol–water partition coefficient (Wildman–Crippen LogP) is 1.59. The lowest BCUT2D eigenvalue weighted by Gasteiger charge is -2.19. The highest BCUT2D eigenvalue weighted by atomic mass is 16.5. The second-order valence-corrected chi connectivity index (χ2v) is 5.71. The highest BCUT2D eigenvalue weighted by molar-refractivity contribution is 5.76. The monoisotopic (exact) mass is 318 g/mol. The van der Waals surface area contributed by atoms with E-state index in [0.29, 0.717) is 31.0 Å². The van der Waals surface area contributed by atoms with E-state index >= 15 is 0 Å². The summed E-state index contributed by atoms with van der Waals surface area (Å²) in [6, 6.07) is 3.46. The molecule has 0 unspecified atom stereocenters. The summed E-state index contributed by atoms with van der Waals surface area (Å²) in [5.41, 5.74) is 0.794.